The van der Waals surface area contributed by atoms with Gasteiger partial charge in [0.05, 0.1) is 38.6 Å². The maximum atomic E-state index is 13.3. The highest BCUT2D eigenvalue weighted by atomic mass is 16.8. The lowest BCUT2D eigenvalue weighted by atomic mass is 9.96. The van der Waals surface area contributed by atoms with E-state index in [1.807, 2.05) is 6.08 Å². The van der Waals surface area contributed by atoms with Crippen LogP contribution in [0.4, 0.5) is 0 Å². The first-order valence-corrected chi connectivity index (χ1v) is 28.6. The van der Waals surface area contributed by atoms with Gasteiger partial charge in [0.15, 0.2) is 18.9 Å². The Morgan fingerprint density at radius 3 is 1.35 bits per heavy atom. The van der Waals surface area contributed by atoms with E-state index < -0.39 is 124 Å². The molecule has 19 nitrogen and oxygen atoms in total. The molecule has 19 heteroatoms. The molecule has 3 fully saturated rings. The maximum Gasteiger partial charge on any atom is 0.220 e. The van der Waals surface area contributed by atoms with Crippen LogP contribution in [0.25, 0.3) is 0 Å². The Balaban J connectivity index is 1.52. The Labute approximate surface area is 441 Å². The molecule has 74 heavy (non-hydrogen) atoms. The molecule has 12 N–H and O–H groups in total. The first-order valence-electron chi connectivity index (χ1n) is 28.6. The number of unbranched alkanes of at least 4 members (excludes halogenated alkanes) is 23. The molecule has 0 radical (unpaired) electrons. The minimum absolute atomic E-state index is 0.239. The monoisotopic (exact) mass is 1060 g/mol. The number of hydrogen-bond acceptors (Lipinski definition) is 18. The quantitative estimate of drug-likeness (QED) is 0.0304. The van der Waals surface area contributed by atoms with Gasteiger partial charge in [0.25, 0.3) is 0 Å². The predicted octanol–water partition coefficient (Wildman–Crippen LogP) is 3.98. The van der Waals surface area contributed by atoms with Crippen LogP contribution in [0.3, 0.4) is 0 Å². The average molecular weight is 1060 g/mol. The smallest absolute Gasteiger partial charge is 0.220 e. The van der Waals surface area contributed by atoms with Crippen LogP contribution in [0.5, 0.6) is 0 Å². The highest BCUT2D eigenvalue weighted by Gasteiger charge is 2.53. The topological polar surface area (TPSA) is 307 Å². The second-order valence-corrected chi connectivity index (χ2v) is 20.8. The lowest BCUT2D eigenvalue weighted by Crippen LogP contribution is -2.66. The van der Waals surface area contributed by atoms with Gasteiger partial charge in [-0.1, -0.05) is 173 Å². The molecular formula is C55H101NO18. The predicted molar refractivity (Wildman–Crippen MR) is 277 cm³/mol. The number of aliphatic hydroxyl groups is 11. The molecule has 3 rings (SSSR count). The van der Waals surface area contributed by atoms with E-state index in [-0.39, 0.29) is 18.9 Å². The summed E-state index contributed by atoms with van der Waals surface area (Å²) in [6.45, 7) is 1.67. The number of amides is 1. The molecule has 17 unspecified atom stereocenters. The Hall–Kier alpha value is -1.73. The van der Waals surface area contributed by atoms with Crippen LogP contribution in [0.2, 0.25) is 0 Å². The van der Waals surface area contributed by atoms with Gasteiger partial charge in [-0.05, 0) is 32.1 Å². The third-order valence-electron chi connectivity index (χ3n) is 14.5. The molecule has 0 aromatic heterocycles. The summed E-state index contributed by atoms with van der Waals surface area (Å²) in [5, 5.41) is 120. The third-order valence-corrected chi connectivity index (χ3v) is 14.5. The SMILES string of the molecule is CCCCCCCC/C=C/CC/C=C/C(O)C(COC1OC(CO)C(OC2OC(CO)C(OC3OC(CO)C(O)C(O)C3O)C(O)C2O)C(O)C1O)NC(=O)CCCCCCCCCCCCCCCCCCC. The molecule has 3 heterocycles. The summed E-state index contributed by atoms with van der Waals surface area (Å²) in [4.78, 5) is 13.3. The normalized spacial score (nSPS) is 31.6. The molecule has 0 bridgehead atoms. The van der Waals surface area contributed by atoms with E-state index in [0.717, 1.165) is 38.5 Å². The minimum Gasteiger partial charge on any atom is -0.394 e. The van der Waals surface area contributed by atoms with Crippen LogP contribution in [0.1, 0.15) is 187 Å². The van der Waals surface area contributed by atoms with Gasteiger partial charge in [0.1, 0.15) is 73.2 Å². The molecule has 17 atom stereocenters. The summed E-state index contributed by atoms with van der Waals surface area (Å²) in [5.74, 6) is -0.285. The Morgan fingerprint density at radius 2 is 0.865 bits per heavy atom. The van der Waals surface area contributed by atoms with Crippen molar-refractivity contribution in [2.45, 2.75) is 291 Å². The number of carbonyl (C=O) groups excluding carboxylic acids is 1. The van der Waals surface area contributed by atoms with E-state index in [9.17, 15) is 61.0 Å². The molecule has 3 aliphatic rings. The van der Waals surface area contributed by atoms with Crippen molar-refractivity contribution in [2.75, 3.05) is 26.4 Å². The number of allylic oxidation sites excluding steroid dienone is 3. The molecule has 3 aliphatic heterocycles. The van der Waals surface area contributed by atoms with Crippen LogP contribution in [0.15, 0.2) is 24.3 Å². The number of ether oxygens (including phenoxy) is 6. The van der Waals surface area contributed by atoms with E-state index in [0.29, 0.717) is 12.8 Å². The summed E-state index contributed by atoms with van der Waals surface area (Å²) >= 11 is 0. The van der Waals surface area contributed by atoms with Crippen molar-refractivity contribution >= 4 is 5.91 Å². The summed E-state index contributed by atoms with van der Waals surface area (Å²) in [5.41, 5.74) is 0. The number of carbonyl (C=O) groups is 1. The summed E-state index contributed by atoms with van der Waals surface area (Å²) < 4.78 is 34.2. The number of nitrogens with one attached hydrogen (secondary N) is 1. The maximum absolute atomic E-state index is 13.3. The fourth-order valence-electron chi connectivity index (χ4n) is 9.74. The highest BCUT2D eigenvalue weighted by Crippen LogP contribution is 2.33. The van der Waals surface area contributed by atoms with Crippen LogP contribution < -0.4 is 5.32 Å². The molecule has 0 saturated carbocycles. The van der Waals surface area contributed by atoms with Gasteiger partial charge in [-0.3, -0.25) is 4.79 Å². The van der Waals surface area contributed by atoms with Crippen molar-refractivity contribution < 1.29 is 89.4 Å². The van der Waals surface area contributed by atoms with Crippen LogP contribution in [0, 0.1) is 0 Å². The van der Waals surface area contributed by atoms with E-state index in [1.165, 1.54) is 116 Å². The van der Waals surface area contributed by atoms with Gasteiger partial charge >= 0.3 is 0 Å². The Kier molecular flexibility index (Phi) is 35.6. The molecule has 3 saturated heterocycles. The number of aliphatic hydroxyl groups excluding tert-OH is 11. The average Bonchev–Trinajstić information content (AvgIpc) is 3.40. The molecule has 434 valence electrons. The number of hydrogen-bond donors (Lipinski definition) is 12. The van der Waals surface area contributed by atoms with Gasteiger partial charge in [-0.15, -0.1) is 0 Å². The van der Waals surface area contributed by atoms with Crippen molar-refractivity contribution in [1.29, 1.82) is 0 Å². The van der Waals surface area contributed by atoms with Crippen LogP contribution >= 0.6 is 0 Å². The first-order chi connectivity index (χ1) is 35.8. The molecule has 0 aromatic rings. The molecular weight excluding hydrogens is 963 g/mol. The minimum atomic E-state index is -1.98. The summed E-state index contributed by atoms with van der Waals surface area (Å²) in [6, 6.07) is -0.983. The molecule has 0 spiro atoms. The van der Waals surface area contributed by atoms with Gasteiger partial charge in [0.2, 0.25) is 5.91 Å². The zero-order valence-electron chi connectivity index (χ0n) is 44.8. The van der Waals surface area contributed by atoms with Crippen molar-refractivity contribution in [3.8, 4) is 0 Å². The van der Waals surface area contributed by atoms with Gasteiger partial charge in [-0.2, -0.15) is 0 Å². The largest absolute Gasteiger partial charge is 0.394 e. The van der Waals surface area contributed by atoms with Crippen LogP contribution in [-0.2, 0) is 33.2 Å². The number of rotatable bonds is 41. The highest BCUT2D eigenvalue weighted by molar-refractivity contribution is 5.76. The third kappa shape index (κ3) is 24.1. The zero-order valence-corrected chi connectivity index (χ0v) is 44.8. The standard InChI is InChI=1S/C55H101NO18/c1-3-5-7-9-11-13-15-17-18-19-20-21-23-25-27-29-31-33-43(61)56-38(39(60)32-30-28-26-24-22-16-14-12-10-8-6-4-2)37-69-53-49(67)46(64)51(41(35-58)71-53)74-55-50(68)47(65)52(42(36-59)72-55)73-54-48(66)45(63)44(62)40(34-57)70-54/h22,24,30,32,38-42,44-55,57-60,62-68H,3-21,23,25-29,31,33-37H2,1-2H3,(H,56,61)/b24-22+,32-30+. The second-order valence-electron chi connectivity index (χ2n) is 20.8. The van der Waals surface area contributed by atoms with E-state index in [4.69, 9.17) is 28.4 Å². The summed E-state index contributed by atoms with van der Waals surface area (Å²) in [7, 11) is 0. The molecule has 1 amide bonds. The van der Waals surface area contributed by atoms with Crippen molar-refractivity contribution in [1.82, 2.24) is 5.32 Å². The van der Waals surface area contributed by atoms with E-state index in [2.05, 4.69) is 31.3 Å². The van der Waals surface area contributed by atoms with Gasteiger partial charge in [-0.25, -0.2) is 0 Å². The van der Waals surface area contributed by atoms with Gasteiger partial charge < -0.3 is 89.9 Å². The van der Waals surface area contributed by atoms with Gasteiger partial charge in [0, 0.05) is 6.42 Å². The fraction of sp³-hybridized carbons (Fsp3) is 0.909. The second kappa shape index (κ2) is 39.6. The van der Waals surface area contributed by atoms with Crippen LogP contribution in [-0.4, -0.2) is 193 Å². The Bertz CT molecular complexity index is 1460. The van der Waals surface area contributed by atoms with Crippen molar-refractivity contribution in [3.05, 3.63) is 24.3 Å². The summed E-state index contributed by atoms with van der Waals surface area (Å²) in [6.07, 6.45) is 11.7. The van der Waals surface area contributed by atoms with Crippen molar-refractivity contribution in [3.63, 3.8) is 0 Å². The van der Waals surface area contributed by atoms with E-state index in [1.54, 1.807) is 6.08 Å². The first kappa shape index (κ1) is 66.5. The molecule has 0 aliphatic carbocycles. The Morgan fingerprint density at radius 1 is 0.473 bits per heavy atom. The fourth-order valence-corrected chi connectivity index (χ4v) is 9.74. The van der Waals surface area contributed by atoms with E-state index >= 15 is 0 Å². The molecule has 0 aromatic carbocycles. The lowest BCUT2D eigenvalue weighted by molar-refractivity contribution is -0.379. The lowest BCUT2D eigenvalue weighted by Gasteiger charge is -2.48. The zero-order chi connectivity index (χ0) is 54.1. The van der Waals surface area contributed by atoms with Crippen molar-refractivity contribution in [2.24, 2.45) is 0 Å².